The molecule has 2 heterocycles. The van der Waals surface area contributed by atoms with Gasteiger partial charge in [-0.3, -0.25) is 9.69 Å². The number of sulfonamides is 1. The van der Waals surface area contributed by atoms with Crippen molar-refractivity contribution in [1.82, 2.24) is 9.21 Å². The smallest absolute Gasteiger partial charge is 0.242 e. The minimum atomic E-state index is -3.51. The van der Waals surface area contributed by atoms with Crippen LogP contribution in [0.1, 0.15) is 16.9 Å². The molecule has 0 atom stereocenters. The third-order valence-corrected chi connectivity index (χ3v) is 8.03. The number of benzene rings is 1. The van der Waals surface area contributed by atoms with Crippen molar-refractivity contribution in [3.8, 4) is 0 Å². The largest absolute Gasteiger partial charge is 0.311 e. The van der Waals surface area contributed by atoms with Gasteiger partial charge in [0.25, 0.3) is 0 Å². The molecule has 1 amide bonds. The Balaban J connectivity index is 1.79. The minimum absolute atomic E-state index is 0.0105. The molecule has 0 radical (unpaired) electrons. The number of anilines is 1. The predicted molar refractivity (Wildman–Crippen MR) is 123 cm³/mol. The van der Waals surface area contributed by atoms with Crippen LogP contribution in [0, 0.1) is 0 Å². The summed E-state index contributed by atoms with van der Waals surface area (Å²) in [6.45, 7) is 5.88. The van der Waals surface area contributed by atoms with E-state index in [2.05, 4.69) is 6.58 Å². The first-order valence-electron chi connectivity index (χ1n) is 9.65. The highest BCUT2D eigenvalue weighted by atomic mass is 35.5. The first-order chi connectivity index (χ1) is 14.2. The van der Waals surface area contributed by atoms with Gasteiger partial charge in [-0.2, -0.15) is 0 Å². The molecule has 0 spiro atoms. The molecular formula is C21H26ClN3O3S2. The Morgan fingerprint density at radius 3 is 2.70 bits per heavy atom. The summed E-state index contributed by atoms with van der Waals surface area (Å²) in [5, 5.41) is 0. The van der Waals surface area contributed by atoms with Crippen LogP contribution in [-0.2, 0) is 27.8 Å². The van der Waals surface area contributed by atoms with Crippen molar-refractivity contribution in [1.29, 1.82) is 0 Å². The van der Waals surface area contributed by atoms with Crippen LogP contribution >= 0.6 is 22.9 Å². The van der Waals surface area contributed by atoms with E-state index >= 15 is 0 Å². The Morgan fingerprint density at radius 2 is 2.07 bits per heavy atom. The lowest BCUT2D eigenvalue weighted by Crippen LogP contribution is -2.42. The average Bonchev–Trinajstić information content (AvgIpc) is 3.11. The van der Waals surface area contributed by atoms with Crippen molar-refractivity contribution < 1.29 is 13.2 Å². The lowest BCUT2D eigenvalue weighted by Gasteiger charge is -2.32. The van der Waals surface area contributed by atoms with Gasteiger partial charge in [-0.1, -0.05) is 17.7 Å². The Morgan fingerprint density at radius 1 is 1.30 bits per heavy atom. The molecule has 9 heteroatoms. The van der Waals surface area contributed by atoms with Crippen LogP contribution < -0.4 is 4.90 Å². The zero-order valence-corrected chi connectivity index (χ0v) is 19.6. The summed E-state index contributed by atoms with van der Waals surface area (Å²) in [4.78, 5) is 18.3. The van der Waals surface area contributed by atoms with Gasteiger partial charge in [0.05, 0.1) is 15.8 Å². The third kappa shape index (κ3) is 5.12. The Bertz CT molecular complexity index is 1030. The highest BCUT2D eigenvalue weighted by Gasteiger charge is 2.26. The van der Waals surface area contributed by atoms with E-state index in [4.69, 9.17) is 11.6 Å². The predicted octanol–water partition coefficient (Wildman–Crippen LogP) is 3.62. The molecule has 0 aliphatic carbocycles. The van der Waals surface area contributed by atoms with Gasteiger partial charge in [-0.05, 0) is 48.7 Å². The topological polar surface area (TPSA) is 60.9 Å². The molecule has 0 unspecified atom stereocenters. The van der Waals surface area contributed by atoms with Gasteiger partial charge < -0.3 is 4.90 Å². The van der Waals surface area contributed by atoms with Crippen LogP contribution in [0.5, 0.6) is 0 Å². The molecule has 0 bridgehead atoms. The highest BCUT2D eigenvalue weighted by molar-refractivity contribution is 7.89. The first-order valence-corrected chi connectivity index (χ1v) is 12.3. The number of carbonyl (C=O) groups excluding carboxylic acids is 1. The fraction of sp³-hybridized carbons (Fsp3) is 0.381. The second-order valence-electron chi connectivity index (χ2n) is 7.39. The molecule has 1 aromatic carbocycles. The summed E-state index contributed by atoms with van der Waals surface area (Å²) < 4.78 is 26.8. The number of hydrogen-bond donors (Lipinski definition) is 0. The number of aryl methyl sites for hydroxylation is 1. The van der Waals surface area contributed by atoms with E-state index in [1.165, 1.54) is 29.7 Å². The maximum atomic E-state index is 13.1. The van der Waals surface area contributed by atoms with E-state index in [-0.39, 0.29) is 17.3 Å². The van der Waals surface area contributed by atoms with Gasteiger partial charge in [0.15, 0.2) is 0 Å². The average molecular weight is 468 g/mol. The van der Waals surface area contributed by atoms with E-state index < -0.39 is 10.0 Å². The summed E-state index contributed by atoms with van der Waals surface area (Å²) in [6.07, 6.45) is 3.33. The number of nitrogens with zero attached hydrogens (tertiary/aromatic N) is 3. The quantitative estimate of drug-likeness (QED) is 0.556. The normalized spacial score (nSPS) is 14.2. The molecule has 0 fully saturated rings. The van der Waals surface area contributed by atoms with E-state index in [9.17, 15) is 13.2 Å². The molecule has 1 aliphatic rings. The van der Waals surface area contributed by atoms with Gasteiger partial charge in [-0.25, -0.2) is 12.7 Å². The molecule has 0 N–H and O–H groups in total. The molecule has 0 saturated heterocycles. The molecule has 162 valence electrons. The van der Waals surface area contributed by atoms with Gasteiger partial charge in [0.1, 0.15) is 0 Å². The second kappa shape index (κ2) is 9.62. The fourth-order valence-corrected chi connectivity index (χ4v) is 5.59. The number of amides is 1. The molecule has 30 heavy (non-hydrogen) atoms. The lowest BCUT2D eigenvalue weighted by molar-refractivity contribution is -0.119. The zero-order valence-electron chi connectivity index (χ0n) is 17.2. The molecule has 3 rings (SSSR count). The van der Waals surface area contributed by atoms with Gasteiger partial charge in [-0.15, -0.1) is 17.9 Å². The van der Waals surface area contributed by atoms with Crippen molar-refractivity contribution in [2.24, 2.45) is 0 Å². The summed E-state index contributed by atoms with van der Waals surface area (Å²) in [5.41, 5.74) is 1.68. The standard InChI is InChI=1S/C21H26ClN3O3S2/c1-4-11-24(14-17-7-10-20(22)29-17)15-21(26)25-12-5-6-16-13-18(8-9-19(16)25)30(27,28)23(2)3/h4,7-10,13H,1,5-6,11-12,14-15H2,2-3H3. The van der Waals surface area contributed by atoms with E-state index in [1.807, 2.05) is 17.0 Å². The minimum Gasteiger partial charge on any atom is -0.311 e. The van der Waals surface area contributed by atoms with Crippen molar-refractivity contribution >= 4 is 44.6 Å². The van der Waals surface area contributed by atoms with Crippen LogP contribution in [0.15, 0.2) is 47.9 Å². The maximum Gasteiger partial charge on any atom is 0.242 e. The molecule has 0 saturated carbocycles. The number of carbonyl (C=O) groups is 1. The van der Waals surface area contributed by atoms with E-state index in [0.717, 1.165) is 33.3 Å². The molecule has 1 aromatic heterocycles. The van der Waals surface area contributed by atoms with Crippen molar-refractivity contribution in [3.63, 3.8) is 0 Å². The number of fused-ring (bicyclic) bond motifs is 1. The summed E-state index contributed by atoms with van der Waals surface area (Å²) in [7, 11) is -0.479. The Hall–Kier alpha value is -1.71. The van der Waals surface area contributed by atoms with Crippen LogP contribution in [-0.4, -0.2) is 57.3 Å². The van der Waals surface area contributed by atoms with Crippen LogP contribution in [0.25, 0.3) is 0 Å². The van der Waals surface area contributed by atoms with E-state index in [0.29, 0.717) is 19.6 Å². The Kier molecular flexibility index (Phi) is 7.36. The summed E-state index contributed by atoms with van der Waals surface area (Å²) in [5.74, 6) is -0.0105. The van der Waals surface area contributed by atoms with Crippen molar-refractivity contribution in [2.45, 2.75) is 24.3 Å². The summed E-state index contributed by atoms with van der Waals surface area (Å²) in [6, 6.07) is 8.85. The molecule has 2 aromatic rings. The first kappa shape index (κ1) is 23.0. The maximum absolute atomic E-state index is 13.1. The SMILES string of the molecule is C=CCN(CC(=O)N1CCCc2cc(S(=O)(=O)N(C)C)ccc21)Cc1ccc(Cl)s1. The zero-order chi connectivity index (χ0) is 21.9. The highest BCUT2D eigenvalue weighted by Crippen LogP contribution is 2.30. The van der Waals surface area contributed by atoms with Gasteiger partial charge in [0, 0.05) is 44.3 Å². The number of rotatable bonds is 8. The van der Waals surface area contributed by atoms with Crippen LogP contribution in [0.2, 0.25) is 4.34 Å². The van der Waals surface area contributed by atoms with Gasteiger partial charge >= 0.3 is 0 Å². The molecule has 1 aliphatic heterocycles. The second-order valence-corrected chi connectivity index (χ2v) is 11.3. The third-order valence-electron chi connectivity index (χ3n) is 5.00. The number of halogens is 1. The fourth-order valence-electron chi connectivity index (χ4n) is 3.51. The van der Waals surface area contributed by atoms with E-state index in [1.54, 1.807) is 29.2 Å². The summed E-state index contributed by atoms with van der Waals surface area (Å²) >= 11 is 7.53. The lowest BCUT2D eigenvalue weighted by atomic mass is 10.0. The van der Waals surface area contributed by atoms with Crippen molar-refractivity contribution in [3.05, 3.63) is 57.8 Å². The van der Waals surface area contributed by atoms with Gasteiger partial charge in [0.2, 0.25) is 15.9 Å². The van der Waals surface area contributed by atoms with Crippen LogP contribution in [0.3, 0.4) is 0 Å². The number of thiophene rings is 1. The molecular weight excluding hydrogens is 442 g/mol. The number of hydrogen-bond acceptors (Lipinski definition) is 5. The van der Waals surface area contributed by atoms with Crippen LogP contribution in [0.4, 0.5) is 5.69 Å². The monoisotopic (exact) mass is 467 g/mol. The van der Waals surface area contributed by atoms with Crippen molar-refractivity contribution in [2.75, 3.05) is 38.6 Å². The molecule has 6 nitrogen and oxygen atoms in total. The Labute approximate surface area is 187 Å².